The van der Waals surface area contributed by atoms with E-state index in [2.05, 4.69) is 30.4 Å². The minimum atomic E-state index is -0.366. The molecular formula is C18H22F2N2. The maximum atomic E-state index is 13.4. The van der Waals surface area contributed by atoms with E-state index >= 15 is 0 Å². The number of rotatable bonds is 10. The molecule has 22 heavy (non-hydrogen) atoms. The Morgan fingerprint density at radius 2 is 1.77 bits per heavy atom. The van der Waals surface area contributed by atoms with Gasteiger partial charge >= 0.3 is 0 Å². The normalized spacial score (nSPS) is 11.4. The van der Waals surface area contributed by atoms with Gasteiger partial charge in [-0.15, -0.1) is 0 Å². The lowest BCUT2D eigenvalue weighted by Crippen LogP contribution is -2.28. The van der Waals surface area contributed by atoms with Crippen molar-refractivity contribution in [2.45, 2.75) is 12.8 Å². The van der Waals surface area contributed by atoms with Crippen LogP contribution in [0.5, 0.6) is 0 Å². The Bertz CT molecular complexity index is 562. The van der Waals surface area contributed by atoms with Crippen LogP contribution < -0.4 is 10.6 Å². The fourth-order valence-electron chi connectivity index (χ4n) is 1.91. The van der Waals surface area contributed by atoms with Gasteiger partial charge in [0, 0.05) is 13.1 Å². The highest BCUT2D eigenvalue weighted by Gasteiger charge is 2.02. The monoisotopic (exact) mass is 304 g/mol. The Kier molecular flexibility index (Phi) is 7.68. The molecule has 2 N–H and O–H groups in total. The Morgan fingerprint density at radius 3 is 2.41 bits per heavy atom. The molecule has 1 aromatic rings. The van der Waals surface area contributed by atoms with Crippen LogP contribution in [0, 0.1) is 5.82 Å². The smallest absolute Gasteiger partial charge is 0.126 e. The number of hydrogen-bond donors (Lipinski definition) is 2. The van der Waals surface area contributed by atoms with Crippen molar-refractivity contribution in [2.75, 3.05) is 13.1 Å². The van der Waals surface area contributed by atoms with E-state index in [0.29, 0.717) is 42.9 Å². The average Bonchev–Trinajstić information content (AvgIpc) is 2.52. The predicted octanol–water partition coefficient (Wildman–Crippen LogP) is 4.00. The first-order chi connectivity index (χ1) is 10.6. The van der Waals surface area contributed by atoms with Gasteiger partial charge < -0.3 is 10.6 Å². The van der Waals surface area contributed by atoms with Crippen LogP contribution >= 0.6 is 0 Å². The van der Waals surface area contributed by atoms with E-state index in [1.165, 1.54) is 18.2 Å². The number of allylic oxidation sites excluding steroid dienone is 3. The molecule has 0 atom stereocenters. The van der Waals surface area contributed by atoms with Gasteiger partial charge in [0.2, 0.25) is 0 Å². The van der Waals surface area contributed by atoms with E-state index in [9.17, 15) is 8.78 Å². The first-order valence-corrected chi connectivity index (χ1v) is 7.12. The number of halogens is 2. The molecule has 0 aliphatic heterocycles. The van der Waals surface area contributed by atoms with E-state index in [4.69, 9.17) is 0 Å². The molecule has 0 saturated heterocycles. The summed E-state index contributed by atoms with van der Waals surface area (Å²) in [6.07, 6.45) is 3.69. The quantitative estimate of drug-likeness (QED) is 0.638. The van der Waals surface area contributed by atoms with Gasteiger partial charge in [-0.1, -0.05) is 44.0 Å². The summed E-state index contributed by atoms with van der Waals surface area (Å²) in [5, 5.41) is 6.11. The third-order valence-corrected chi connectivity index (χ3v) is 3.16. The molecule has 0 unspecified atom stereocenters. The highest BCUT2D eigenvalue weighted by atomic mass is 19.1. The zero-order chi connectivity index (χ0) is 16.4. The molecular weight excluding hydrogens is 282 g/mol. The van der Waals surface area contributed by atoms with Gasteiger partial charge in [0.25, 0.3) is 0 Å². The summed E-state index contributed by atoms with van der Waals surface area (Å²) < 4.78 is 26.8. The van der Waals surface area contributed by atoms with Crippen LogP contribution in [0.4, 0.5) is 8.78 Å². The van der Waals surface area contributed by atoms with Crippen molar-refractivity contribution in [1.29, 1.82) is 0 Å². The standard InChI is InChI=1S/C18H22F2N2/c1-4-15(17(19)5-2)10-12-21-14(3)22-13-11-16-8-6-7-9-18(16)20/h4-9,21-22H,1-3,10-13H2/b17-15-. The molecule has 0 heterocycles. The molecule has 0 aromatic heterocycles. The van der Waals surface area contributed by atoms with E-state index in [-0.39, 0.29) is 11.6 Å². The molecule has 0 radical (unpaired) electrons. The van der Waals surface area contributed by atoms with Crippen LogP contribution in [-0.2, 0) is 6.42 Å². The van der Waals surface area contributed by atoms with Gasteiger partial charge in [0.05, 0.1) is 5.82 Å². The highest BCUT2D eigenvalue weighted by Crippen LogP contribution is 2.11. The fraction of sp³-hybridized carbons (Fsp3) is 0.222. The Balaban J connectivity index is 2.28. The molecule has 0 aliphatic carbocycles. The molecule has 0 aliphatic rings. The van der Waals surface area contributed by atoms with Crippen molar-refractivity contribution in [1.82, 2.24) is 10.6 Å². The summed E-state index contributed by atoms with van der Waals surface area (Å²) in [5.41, 5.74) is 1.16. The van der Waals surface area contributed by atoms with Gasteiger partial charge in [-0.2, -0.15) is 0 Å². The van der Waals surface area contributed by atoms with Crippen molar-refractivity contribution in [3.05, 3.63) is 84.8 Å². The summed E-state index contributed by atoms with van der Waals surface area (Å²) in [4.78, 5) is 0. The lowest BCUT2D eigenvalue weighted by atomic mass is 10.1. The first-order valence-electron chi connectivity index (χ1n) is 7.12. The van der Waals surface area contributed by atoms with E-state index in [1.54, 1.807) is 12.1 Å². The fourth-order valence-corrected chi connectivity index (χ4v) is 1.91. The Hall–Kier alpha value is -2.36. The second kappa shape index (κ2) is 9.55. The van der Waals surface area contributed by atoms with Crippen molar-refractivity contribution >= 4 is 0 Å². The maximum Gasteiger partial charge on any atom is 0.126 e. The molecule has 0 spiro atoms. The van der Waals surface area contributed by atoms with E-state index in [0.717, 1.165) is 0 Å². The number of nitrogens with one attached hydrogen (secondary N) is 2. The summed E-state index contributed by atoms with van der Waals surface area (Å²) in [6, 6.07) is 6.68. The largest absolute Gasteiger partial charge is 0.372 e. The molecule has 0 amide bonds. The topological polar surface area (TPSA) is 24.1 Å². The summed E-state index contributed by atoms with van der Waals surface area (Å²) in [7, 11) is 0. The van der Waals surface area contributed by atoms with Crippen LogP contribution in [0.3, 0.4) is 0 Å². The van der Waals surface area contributed by atoms with Gasteiger partial charge in [-0.25, -0.2) is 8.78 Å². The minimum Gasteiger partial charge on any atom is -0.372 e. The van der Waals surface area contributed by atoms with E-state index in [1.807, 2.05) is 6.07 Å². The third kappa shape index (κ3) is 5.95. The molecule has 118 valence electrons. The summed E-state index contributed by atoms with van der Waals surface area (Å²) in [5.74, 6) is 0.0530. The lowest BCUT2D eigenvalue weighted by molar-refractivity contribution is 0.600. The molecule has 0 fully saturated rings. The Labute approximate surface area is 130 Å². The zero-order valence-corrected chi connectivity index (χ0v) is 12.7. The number of hydrogen-bond acceptors (Lipinski definition) is 2. The zero-order valence-electron chi connectivity index (χ0n) is 12.7. The van der Waals surface area contributed by atoms with Gasteiger partial charge in [-0.3, -0.25) is 0 Å². The van der Waals surface area contributed by atoms with Crippen molar-refractivity contribution < 1.29 is 8.78 Å². The minimum absolute atomic E-state index is 0.205. The molecule has 1 aromatic carbocycles. The van der Waals surface area contributed by atoms with Crippen LogP contribution in [-0.4, -0.2) is 13.1 Å². The number of benzene rings is 1. The van der Waals surface area contributed by atoms with Crippen molar-refractivity contribution in [2.24, 2.45) is 0 Å². The van der Waals surface area contributed by atoms with E-state index < -0.39 is 0 Å². The Morgan fingerprint density at radius 1 is 1.09 bits per heavy atom. The summed E-state index contributed by atoms with van der Waals surface area (Å²) >= 11 is 0. The second-order valence-electron chi connectivity index (χ2n) is 4.70. The highest BCUT2D eigenvalue weighted by molar-refractivity contribution is 5.26. The first kappa shape index (κ1) is 17.7. The van der Waals surface area contributed by atoms with Gasteiger partial charge in [-0.05, 0) is 36.1 Å². The van der Waals surface area contributed by atoms with Gasteiger partial charge in [0.15, 0.2) is 0 Å². The summed E-state index contributed by atoms with van der Waals surface area (Å²) in [6.45, 7) is 11.9. The van der Waals surface area contributed by atoms with Crippen LogP contribution in [0.15, 0.2) is 73.4 Å². The molecule has 0 saturated carbocycles. The molecule has 0 bridgehead atoms. The maximum absolute atomic E-state index is 13.4. The lowest BCUT2D eigenvalue weighted by Gasteiger charge is -2.12. The predicted molar refractivity (Wildman–Crippen MR) is 88.4 cm³/mol. The van der Waals surface area contributed by atoms with Crippen molar-refractivity contribution in [3.8, 4) is 0 Å². The van der Waals surface area contributed by atoms with Gasteiger partial charge in [0.1, 0.15) is 11.6 Å². The average molecular weight is 304 g/mol. The molecule has 2 nitrogen and oxygen atoms in total. The molecule has 1 rings (SSSR count). The SMILES string of the molecule is C=C/C(F)=C(\C=C)CCNC(=C)NCCc1ccccc1F. The van der Waals surface area contributed by atoms with Crippen molar-refractivity contribution in [3.63, 3.8) is 0 Å². The van der Waals surface area contributed by atoms with Crippen LogP contribution in [0.25, 0.3) is 0 Å². The second-order valence-corrected chi connectivity index (χ2v) is 4.70. The third-order valence-electron chi connectivity index (χ3n) is 3.16. The van der Waals surface area contributed by atoms with Crippen LogP contribution in [0.1, 0.15) is 12.0 Å². The van der Waals surface area contributed by atoms with Crippen LogP contribution in [0.2, 0.25) is 0 Å². The molecule has 4 heteroatoms.